The molecule has 0 unspecified atom stereocenters. The number of hydrogen-bond acceptors (Lipinski definition) is 5. The van der Waals surface area contributed by atoms with Crippen LogP contribution in [0.1, 0.15) is 37.2 Å². The van der Waals surface area contributed by atoms with Gasteiger partial charge in [-0.3, -0.25) is 4.79 Å². The molecule has 7 nitrogen and oxygen atoms in total. The first-order valence-corrected chi connectivity index (χ1v) is 12.2. The minimum absolute atomic E-state index is 0.0648. The first-order chi connectivity index (χ1) is 17.2. The van der Waals surface area contributed by atoms with E-state index in [9.17, 15) is 9.90 Å². The summed E-state index contributed by atoms with van der Waals surface area (Å²) in [4.78, 5) is 12.7. The molecular weight excluding hydrogens is 467 g/mol. The lowest BCUT2D eigenvalue weighted by atomic mass is 9.89. The number of methoxy groups -OCH3 is 1. The maximum absolute atomic E-state index is 15.6. The fourth-order valence-corrected chi connectivity index (χ4v) is 5.47. The number of esters is 1. The lowest BCUT2D eigenvalue weighted by Gasteiger charge is -2.31. The molecule has 3 atom stereocenters. The van der Waals surface area contributed by atoms with Crippen LogP contribution in [0.5, 0.6) is 5.75 Å². The maximum atomic E-state index is 15.6. The van der Waals surface area contributed by atoms with Crippen LogP contribution in [0.3, 0.4) is 0 Å². The summed E-state index contributed by atoms with van der Waals surface area (Å²) >= 11 is 0. The van der Waals surface area contributed by atoms with Gasteiger partial charge in [-0.1, -0.05) is 12.1 Å². The molecule has 1 aromatic heterocycles. The zero-order valence-electron chi connectivity index (χ0n) is 20.6. The Kier molecular flexibility index (Phi) is 6.34. The number of benzene rings is 1. The van der Waals surface area contributed by atoms with Crippen LogP contribution in [-0.2, 0) is 22.4 Å². The molecule has 3 aliphatic heterocycles. The molecular formula is C26H30BF2N3O4. The Hall–Kier alpha value is -3.24. The molecule has 1 aromatic carbocycles. The molecule has 0 bridgehead atoms. The molecule has 36 heavy (non-hydrogen) atoms. The van der Waals surface area contributed by atoms with Gasteiger partial charge in [-0.2, -0.15) is 0 Å². The number of carbonyl (C=O) groups is 1. The number of aryl methyl sites for hydroxylation is 1. The lowest BCUT2D eigenvalue weighted by Crippen LogP contribution is -2.50. The van der Waals surface area contributed by atoms with Crippen molar-refractivity contribution in [1.82, 2.24) is 9.79 Å². The number of carbonyl (C=O) groups excluding carboxylic acids is 1. The Labute approximate surface area is 208 Å². The predicted octanol–water partition coefficient (Wildman–Crippen LogP) is 2.93. The van der Waals surface area contributed by atoms with Gasteiger partial charge in [0.05, 0.1) is 19.6 Å². The molecule has 2 aromatic rings. The fourth-order valence-electron chi connectivity index (χ4n) is 5.47. The van der Waals surface area contributed by atoms with Crippen molar-refractivity contribution in [1.29, 1.82) is 0 Å². The molecule has 10 heteroatoms. The Morgan fingerprint density at radius 2 is 1.94 bits per heavy atom. The van der Waals surface area contributed by atoms with Crippen LogP contribution in [-0.4, -0.2) is 64.6 Å². The van der Waals surface area contributed by atoms with Crippen LogP contribution in [0.2, 0.25) is 0 Å². The second-order valence-electron chi connectivity index (χ2n) is 9.66. The summed E-state index contributed by atoms with van der Waals surface area (Å²) in [7, 11) is 1.60. The average molecular weight is 497 g/mol. The largest absolute Gasteiger partial charge is 0.737 e. The van der Waals surface area contributed by atoms with Gasteiger partial charge in [-0.15, -0.1) is 0 Å². The predicted molar refractivity (Wildman–Crippen MR) is 133 cm³/mol. The first kappa shape index (κ1) is 24.5. The number of β-amino-alcohol motifs (C(OH)–C–C–N with tert-alkyl or cyclic N) is 1. The van der Waals surface area contributed by atoms with Crippen LogP contribution in [0.15, 0.2) is 53.7 Å². The highest BCUT2D eigenvalue weighted by Gasteiger charge is 2.52. The van der Waals surface area contributed by atoms with Gasteiger partial charge < -0.3 is 37.5 Å². The number of nitrogens with one attached hydrogen (secondary N) is 1. The van der Waals surface area contributed by atoms with Gasteiger partial charge in [0, 0.05) is 36.9 Å². The molecule has 0 amide bonds. The van der Waals surface area contributed by atoms with Crippen molar-refractivity contribution >= 4 is 24.7 Å². The van der Waals surface area contributed by atoms with E-state index in [2.05, 4.69) is 5.32 Å². The van der Waals surface area contributed by atoms with Crippen molar-refractivity contribution in [2.45, 2.75) is 51.4 Å². The number of rotatable bonds is 7. The van der Waals surface area contributed by atoms with E-state index in [1.807, 2.05) is 31.2 Å². The Morgan fingerprint density at radius 1 is 1.19 bits per heavy atom. The van der Waals surface area contributed by atoms with Gasteiger partial charge in [0.2, 0.25) is 0 Å². The van der Waals surface area contributed by atoms with Crippen molar-refractivity contribution in [3.05, 3.63) is 70.7 Å². The van der Waals surface area contributed by atoms with Crippen molar-refractivity contribution < 1.29 is 32.5 Å². The molecule has 190 valence electrons. The number of nitrogens with zero attached hydrogens (tertiary/aromatic N) is 2. The molecule has 1 fully saturated rings. The van der Waals surface area contributed by atoms with Crippen LogP contribution < -0.4 is 10.1 Å². The summed E-state index contributed by atoms with van der Waals surface area (Å²) in [5.74, 6) is 0.221. The zero-order valence-corrected chi connectivity index (χ0v) is 20.6. The first-order valence-electron chi connectivity index (χ1n) is 12.2. The normalized spacial score (nSPS) is 24.2. The lowest BCUT2D eigenvalue weighted by molar-refractivity contribution is -0.362. The van der Waals surface area contributed by atoms with E-state index in [1.54, 1.807) is 38.3 Å². The molecule has 0 saturated carbocycles. The Bertz CT molecular complexity index is 1280. The monoisotopic (exact) mass is 497 g/mol. The summed E-state index contributed by atoms with van der Waals surface area (Å²) in [6, 6.07) is 10.6. The average Bonchev–Trinajstić information content (AvgIpc) is 3.50. The number of ether oxygens (including phenoxy) is 2. The molecule has 0 radical (unpaired) electrons. The number of aliphatic hydroxyl groups excluding tert-OH is 1. The molecule has 3 aliphatic rings. The molecule has 1 saturated heterocycles. The third-order valence-electron chi connectivity index (χ3n) is 7.24. The van der Waals surface area contributed by atoms with Crippen LogP contribution in [0, 0.1) is 0 Å². The Morgan fingerprint density at radius 3 is 2.67 bits per heavy atom. The number of allylic oxidation sites excluding steroid dienone is 2. The zero-order chi connectivity index (χ0) is 25.6. The van der Waals surface area contributed by atoms with Crippen molar-refractivity contribution in [3.63, 3.8) is 0 Å². The molecule has 2 N–H and O–H groups in total. The van der Waals surface area contributed by atoms with Crippen molar-refractivity contribution in [3.8, 4) is 5.75 Å². The Balaban J connectivity index is 1.25. The van der Waals surface area contributed by atoms with E-state index in [4.69, 9.17) is 9.47 Å². The van der Waals surface area contributed by atoms with Crippen LogP contribution in [0.25, 0.3) is 6.08 Å². The summed E-state index contributed by atoms with van der Waals surface area (Å²) in [5, 5.41) is 13.6. The summed E-state index contributed by atoms with van der Waals surface area (Å²) in [5.41, 5.74) is 3.63. The third kappa shape index (κ3) is 4.28. The second-order valence-corrected chi connectivity index (χ2v) is 9.66. The van der Waals surface area contributed by atoms with Gasteiger partial charge in [0.15, 0.2) is 5.70 Å². The highest BCUT2D eigenvalue weighted by atomic mass is 19.2. The standard InChI is InChI=1S/C26H30BF2N3O4/c1-16-12-17(2)31-23(16)14-20-7-6-19(32(20)27(31,28)29)8-11-25(34)36-26-22(30-15-24(26)33)13-18-4-9-21(35-3)10-5-18/h4-7,9-10,12,14,22,24,26,30,33H,8,11,13,15H2,1-3H3/t22-,24+,26+/m1/s1. The highest BCUT2D eigenvalue weighted by Crippen LogP contribution is 2.35. The van der Waals surface area contributed by atoms with Gasteiger partial charge in [0.25, 0.3) is 0 Å². The molecule has 4 heterocycles. The minimum atomic E-state index is -4.07. The van der Waals surface area contributed by atoms with Crippen LogP contribution >= 0.6 is 0 Å². The van der Waals surface area contributed by atoms with Crippen molar-refractivity contribution in [2.24, 2.45) is 0 Å². The van der Waals surface area contributed by atoms with E-state index in [1.165, 1.54) is 0 Å². The van der Waals surface area contributed by atoms with Gasteiger partial charge >= 0.3 is 12.9 Å². The quantitative estimate of drug-likeness (QED) is 0.455. The summed E-state index contributed by atoms with van der Waals surface area (Å²) in [6.45, 7) is -0.259. The van der Waals surface area contributed by atoms with E-state index in [0.717, 1.165) is 25.9 Å². The van der Waals surface area contributed by atoms with Gasteiger partial charge in [0.1, 0.15) is 23.7 Å². The van der Waals surface area contributed by atoms with E-state index < -0.39 is 25.1 Å². The van der Waals surface area contributed by atoms with Gasteiger partial charge in [-0.05, 0) is 55.3 Å². The van der Waals surface area contributed by atoms with E-state index in [-0.39, 0.29) is 18.9 Å². The number of halogens is 2. The molecule has 0 aliphatic carbocycles. The summed E-state index contributed by atoms with van der Waals surface area (Å²) in [6.07, 6.45) is 2.57. The maximum Gasteiger partial charge on any atom is 0.737 e. The SMILES string of the molecule is COc1ccc(C[C@H]2NC[C@H](O)[C@H]2OC(=O)CCc2ccc3n2[B-](F)(F)[N+]2=C(C)C=C(C)C2=C3)cc1. The number of aromatic nitrogens is 1. The van der Waals surface area contributed by atoms with Gasteiger partial charge in [-0.25, -0.2) is 0 Å². The topological polar surface area (TPSA) is 75.7 Å². The van der Waals surface area contributed by atoms with Crippen LogP contribution in [0.4, 0.5) is 8.63 Å². The summed E-state index contributed by atoms with van der Waals surface area (Å²) < 4.78 is 44.1. The van der Waals surface area contributed by atoms with E-state index in [0.29, 0.717) is 35.8 Å². The smallest absolute Gasteiger partial charge is 0.497 e. The minimum Gasteiger partial charge on any atom is -0.497 e. The van der Waals surface area contributed by atoms with E-state index >= 15 is 8.63 Å². The third-order valence-corrected chi connectivity index (χ3v) is 7.24. The molecule has 0 spiro atoms. The van der Waals surface area contributed by atoms with Crippen molar-refractivity contribution in [2.75, 3.05) is 13.7 Å². The second kappa shape index (κ2) is 9.33. The number of fused-ring (bicyclic) bond motifs is 2. The fraction of sp³-hybridized carbons (Fsp3) is 0.385. The number of aliphatic hydroxyl groups is 1. The molecule has 5 rings (SSSR count). The highest BCUT2D eigenvalue weighted by molar-refractivity contribution is 6.58. The number of hydrogen-bond donors (Lipinski definition) is 2.